The number of carbonyl (C=O) groups is 1. The molecule has 2 aromatic heterocycles. The summed E-state index contributed by atoms with van der Waals surface area (Å²) in [7, 11) is 1.90. The Labute approximate surface area is 214 Å². The maximum atomic E-state index is 13.1. The van der Waals surface area contributed by atoms with Crippen molar-refractivity contribution in [1.29, 1.82) is 0 Å². The predicted octanol–water partition coefficient (Wildman–Crippen LogP) is 5.89. The van der Waals surface area contributed by atoms with Gasteiger partial charge in [-0.05, 0) is 50.1 Å². The van der Waals surface area contributed by atoms with Crippen LogP contribution in [0, 0.1) is 11.8 Å². The molecule has 1 aromatic carbocycles. The number of aromatic nitrogens is 3. The van der Waals surface area contributed by atoms with Crippen molar-refractivity contribution in [2.24, 2.45) is 18.9 Å². The highest BCUT2D eigenvalue weighted by Crippen LogP contribution is 2.35. The van der Waals surface area contributed by atoms with E-state index >= 15 is 0 Å². The van der Waals surface area contributed by atoms with Crippen LogP contribution in [0.3, 0.4) is 0 Å². The first kappa shape index (κ1) is 25.3. The van der Waals surface area contributed by atoms with Crippen LogP contribution in [0.4, 0.5) is 8.78 Å². The number of thiazole rings is 1. The van der Waals surface area contributed by atoms with E-state index in [4.69, 9.17) is 4.74 Å². The largest absolute Gasteiger partial charge is 0.464 e. The number of alkyl halides is 2. The summed E-state index contributed by atoms with van der Waals surface area (Å²) < 4.78 is 33.2. The lowest BCUT2D eigenvalue weighted by molar-refractivity contribution is -0.0230. The number of hydrogen-bond acceptors (Lipinski definition) is 6. The third kappa shape index (κ3) is 6.11. The molecule has 0 unspecified atom stereocenters. The number of aryl methyl sites for hydroxylation is 1. The van der Waals surface area contributed by atoms with Gasteiger partial charge in [0.2, 0.25) is 0 Å². The van der Waals surface area contributed by atoms with E-state index in [0.29, 0.717) is 23.5 Å². The van der Waals surface area contributed by atoms with E-state index in [9.17, 15) is 13.6 Å². The van der Waals surface area contributed by atoms with Gasteiger partial charge >= 0.3 is 0 Å². The first-order chi connectivity index (χ1) is 17.2. The van der Waals surface area contributed by atoms with Crippen LogP contribution in [0.15, 0.2) is 24.4 Å². The maximum absolute atomic E-state index is 13.1. The number of ether oxygens (including phenoxy) is 1. The normalized spacial score (nSPS) is 21.0. The van der Waals surface area contributed by atoms with Crippen LogP contribution in [-0.2, 0) is 20.0 Å². The average Bonchev–Trinajstić information content (AvgIpc) is 3.44. The second-order valence-corrected chi connectivity index (χ2v) is 11.6. The molecule has 36 heavy (non-hydrogen) atoms. The molecule has 6 nitrogen and oxygen atoms in total. The van der Waals surface area contributed by atoms with E-state index in [-0.39, 0.29) is 5.78 Å². The molecule has 0 saturated heterocycles. The van der Waals surface area contributed by atoms with Crippen LogP contribution in [0.25, 0.3) is 10.9 Å². The Morgan fingerprint density at radius 2 is 2.00 bits per heavy atom. The Kier molecular flexibility index (Phi) is 7.40. The first-order valence-corrected chi connectivity index (χ1v) is 13.7. The Morgan fingerprint density at radius 1 is 1.22 bits per heavy atom. The summed E-state index contributed by atoms with van der Waals surface area (Å²) in [4.78, 5) is 21.0. The number of fused-ring (bicyclic) bond motifs is 2. The van der Waals surface area contributed by atoms with E-state index in [1.807, 2.05) is 36.1 Å². The van der Waals surface area contributed by atoms with Crippen LogP contribution >= 0.6 is 11.3 Å². The molecule has 5 rings (SSSR count). The van der Waals surface area contributed by atoms with Crippen LogP contribution in [-0.4, -0.2) is 51.1 Å². The van der Waals surface area contributed by atoms with E-state index in [2.05, 4.69) is 15.0 Å². The molecule has 0 atom stereocenters. The Hall–Kier alpha value is -2.39. The zero-order chi connectivity index (χ0) is 25.3. The van der Waals surface area contributed by atoms with Gasteiger partial charge in [0.05, 0.1) is 17.4 Å². The van der Waals surface area contributed by atoms with E-state index < -0.39 is 12.5 Å². The second-order valence-electron chi connectivity index (χ2n) is 10.6. The van der Waals surface area contributed by atoms with Crippen LogP contribution < -0.4 is 4.74 Å². The quantitative estimate of drug-likeness (QED) is 0.332. The summed E-state index contributed by atoms with van der Waals surface area (Å²) >= 11 is 1.40. The van der Waals surface area contributed by atoms with Gasteiger partial charge in [-0.25, -0.2) is 13.8 Å². The highest BCUT2D eigenvalue weighted by atomic mass is 32.1. The van der Waals surface area contributed by atoms with Gasteiger partial charge in [-0.3, -0.25) is 14.4 Å². The predicted molar refractivity (Wildman–Crippen MR) is 137 cm³/mol. The maximum Gasteiger partial charge on any atom is 0.278 e. The number of Topliss-reactive ketones (excluding diaryl/α,β-unsaturated/α-hetero) is 1. The third-order valence-corrected chi connectivity index (χ3v) is 8.67. The number of rotatable bonds is 9. The lowest BCUT2D eigenvalue weighted by Crippen LogP contribution is -2.32. The average molecular weight is 517 g/mol. The van der Waals surface area contributed by atoms with Crippen molar-refractivity contribution >= 4 is 28.0 Å². The van der Waals surface area contributed by atoms with Crippen molar-refractivity contribution in [2.75, 3.05) is 19.7 Å². The minimum absolute atomic E-state index is 0.236. The van der Waals surface area contributed by atoms with Crippen molar-refractivity contribution in [3.8, 4) is 5.19 Å². The number of nitrogens with zero attached hydrogens (tertiary/aromatic N) is 4. The molecular formula is C27H34F2N4O2S. The zero-order valence-electron chi connectivity index (χ0n) is 21.0. The van der Waals surface area contributed by atoms with Gasteiger partial charge in [-0.15, -0.1) is 0 Å². The molecule has 194 valence electrons. The zero-order valence-corrected chi connectivity index (χ0v) is 21.8. The van der Waals surface area contributed by atoms with Gasteiger partial charge < -0.3 is 4.74 Å². The summed E-state index contributed by atoms with van der Waals surface area (Å²) in [5, 5.41) is 5.68. The standard InChI is InChI=1S/C27H34F2N4O2S/c1-27(28,29)17-35-26-31-22-16-33(12-10-25(22)36-26)11-9-18-3-5-19(6-4-18)13-24(34)20-7-8-21-15-30-32(2)23(21)14-20/h7-8,14-15,18-19H,3-6,9-13,16-17H2,1-2H3. The van der Waals surface area contributed by atoms with E-state index in [0.717, 1.165) is 79.3 Å². The minimum Gasteiger partial charge on any atom is -0.464 e. The highest BCUT2D eigenvalue weighted by Gasteiger charge is 2.27. The summed E-state index contributed by atoms with van der Waals surface area (Å²) in [6.45, 7) is 3.00. The molecule has 0 amide bonds. The molecule has 2 aliphatic rings. The Balaban J connectivity index is 1.05. The van der Waals surface area contributed by atoms with Gasteiger partial charge in [-0.2, -0.15) is 5.10 Å². The van der Waals surface area contributed by atoms with Crippen molar-refractivity contribution in [1.82, 2.24) is 19.7 Å². The molecule has 3 heterocycles. The summed E-state index contributed by atoms with van der Waals surface area (Å²) in [5.41, 5.74) is 2.77. The molecular weight excluding hydrogens is 482 g/mol. The van der Waals surface area contributed by atoms with Gasteiger partial charge in [-0.1, -0.05) is 36.3 Å². The van der Waals surface area contributed by atoms with Gasteiger partial charge in [0.1, 0.15) is 0 Å². The molecule has 1 aliphatic carbocycles. The number of hydrogen-bond donors (Lipinski definition) is 0. The SMILES string of the molecule is Cn1ncc2ccc(C(=O)CC3CCC(CCN4CCc5sc(OCC(C)(F)F)nc5C4)CC3)cc21. The number of halogens is 2. The number of ketones is 1. The molecule has 0 bridgehead atoms. The van der Waals surface area contributed by atoms with Gasteiger partial charge in [0.25, 0.3) is 11.1 Å². The van der Waals surface area contributed by atoms with E-state index in [1.165, 1.54) is 24.2 Å². The van der Waals surface area contributed by atoms with Crippen LogP contribution in [0.1, 0.15) is 66.4 Å². The highest BCUT2D eigenvalue weighted by molar-refractivity contribution is 7.13. The van der Waals surface area contributed by atoms with Crippen molar-refractivity contribution < 1.29 is 18.3 Å². The monoisotopic (exact) mass is 516 g/mol. The second kappa shape index (κ2) is 10.5. The first-order valence-electron chi connectivity index (χ1n) is 12.9. The van der Waals surface area contributed by atoms with Crippen molar-refractivity contribution in [3.63, 3.8) is 0 Å². The van der Waals surface area contributed by atoms with Crippen molar-refractivity contribution in [2.45, 2.75) is 64.3 Å². The smallest absolute Gasteiger partial charge is 0.278 e. The van der Waals surface area contributed by atoms with Crippen LogP contribution in [0.5, 0.6) is 5.19 Å². The number of benzene rings is 1. The molecule has 1 aliphatic heterocycles. The molecule has 0 spiro atoms. The summed E-state index contributed by atoms with van der Waals surface area (Å²) in [6, 6.07) is 5.88. The minimum atomic E-state index is -2.85. The Morgan fingerprint density at radius 3 is 2.78 bits per heavy atom. The topological polar surface area (TPSA) is 60.2 Å². The molecule has 0 N–H and O–H groups in total. The third-order valence-electron chi connectivity index (χ3n) is 7.60. The van der Waals surface area contributed by atoms with Crippen molar-refractivity contribution in [3.05, 3.63) is 40.5 Å². The fraction of sp³-hybridized carbons (Fsp3) is 0.593. The lowest BCUT2D eigenvalue weighted by Gasteiger charge is -2.31. The van der Waals surface area contributed by atoms with Crippen LogP contribution in [0.2, 0.25) is 0 Å². The lowest BCUT2D eigenvalue weighted by atomic mass is 9.78. The summed E-state index contributed by atoms with van der Waals surface area (Å²) in [5.74, 6) is -1.44. The van der Waals surface area contributed by atoms with E-state index in [1.54, 1.807) is 0 Å². The summed E-state index contributed by atoms with van der Waals surface area (Å²) in [6.07, 6.45) is 9.10. The Bertz CT molecular complexity index is 1210. The van der Waals surface area contributed by atoms with Gasteiger partial charge in [0.15, 0.2) is 12.4 Å². The molecule has 3 aromatic rings. The molecule has 1 saturated carbocycles. The van der Waals surface area contributed by atoms with Gasteiger partial charge in [0, 0.05) is 49.3 Å². The number of carbonyl (C=O) groups excluding carboxylic acids is 1. The molecule has 1 fully saturated rings. The molecule has 0 radical (unpaired) electrons. The fourth-order valence-electron chi connectivity index (χ4n) is 5.46. The fourth-order valence-corrected chi connectivity index (χ4v) is 6.36. The molecule has 9 heteroatoms.